The summed E-state index contributed by atoms with van der Waals surface area (Å²) in [5.41, 5.74) is 1.59. The fourth-order valence-electron chi connectivity index (χ4n) is 3.06. The Morgan fingerprint density at radius 2 is 1.76 bits per heavy atom. The van der Waals surface area contributed by atoms with E-state index in [1.54, 1.807) is 12.1 Å². The van der Waals surface area contributed by atoms with E-state index in [1.807, 2.05) is 31.2 Å². The molecule has 1 heterocycles. The summed E-state index contributed by atoms with van der Waals surface area (Å²) in [4.78, 5) is 25.3. The van der Waals surface area contributed by atoms with E-state index in [2.05, 4.69) is 15.4 Å². The van der Waals surface area contributed by atoms with Crippen molar-refractivity contribution >= 4 is 28.9 Å². The molecule has 4 aromatic rings. The lowest BCUT2D eigenvalue weighted by atomic mass is 10.1. The number of nitrogens with one attached hydrogen (secondary N) is 2. The van der Waals surface area contributed by atoms with Gasteiger partial charge >= 0.3 is 5.69 Å². The molecule has 0 saturated heterocycles. The Hall–Kier alpha value is -3.75. The summed E-state index contributed by atoms with van der Waals surface area (Å²) in [5, 5.41) is 17.5. The summed E-state index contributed by atoms with van der Waals surface area (Å²) in [6, 6.07) is 15.5. The zero-order chi connectivity index (χ0) is 23.5. The third kappa shape index (κ3) is 5.19. The van der Waals surface area contributed by atoms with Gasteiger partial charge in [0.1, 0.15) is 17.7 Å². The van der Waals surface area contributed by atoms with Crippen molar-refractivity contribution in [2.45, 2.75) is 13.5 Å². The number of aryl methyl sites for hydroxylation is 1. The minimum absolute atomic E-state index is 0.109. The standard InChI is InChI=1S/C23H18Cl2N4O4/c1-13-2-4-15(5-3-13)26-11-14-8-17(6-7-20(14)30)33-22-18(24)9-16(10-19(22)25)29-23(32)28-21(31)12-27-29/h2-10,12,26,30H,11H2,1H3,(H,28,31,32). The lowest BCUT2D eigenvalue weighted by molar-refractivity contribution is 0.459. The number of hydrogen-bond acceptors (Lipinski definition) is 6. The zero-order valence-electron chi connectivity index (χ0n) is 17.3. The van der Waals surface area contributed by atoms with E-state index in [0.717, 1.165) is 22.1 Å². The molecule has 33 heavy (non-hydrogen) atoms. The molecule has 0 spiro atoms. The van der Waals surface area contributed by atoms with Crippen LogP contribution in [0, 0.1) is 6.92 Å². The number of nitrogens with zero attached hydrogens (tertiary/aromatic N) is 2. The normalized spacial score (nSPS) is 10.8. The molecule has 0 aliphatic rings. The molecule has 1 aromatic heterocycles. The summed E-state index contributed by atoms with van der Waals surface area (Å²) >= 11 is 12.7. The molecule has 168 valence electrons. The van der Waals surface area contributed by atoms with E-state index in [1.165, 1.54) is 18.2 Å². The van der Waals surface area contributed by atoms with E-state index >= 15 is 0 Å². The molecule has 0 radical (unpaired) electrons. The summed E-state index contributed by atoms with van der Waals surface area (Å²) in [7, 11) is 0. The highest BCUT2D eigenvalue weighted by Crippen LogP contribution is 2.39. The van der Waals surface area contributed by atoms with Crippen molar-refractivity contribution in [3.63, 3.8) is 0 Å². The van der Waals surface area contributed by atoms with Crippen LogP contribution in [0.5, 0.6) is 17.2 Å². The average molecular weight is 485 g/mol. The minimum Gasteiger partial charge on any atom is -0.508 e. The highest BCUT2D eigenvalue weighted by Gasteiger charge is 2.14. The number of aromatic amines is 1. The predicted octanol–water partition coefficient (Wildman–Crippen LogP) is 4.65. The largest absolute Gasteiger partial charge is 0.508 e. The number of aromatic hydroxyl groups is 1. The Balaban J connectivity index is 1.57. The van der Waals surface area contributed by atoms with Gasteiger partial charge in [0.15, 0.2) is 5.75 Å². The van der Waals surface area contributed by atoms with Gasteiger partial charge in [0.2, 0.25) is 0 Å². The summed E-state index contributed by atoms with van der Waals surface area (Å²) in [6.07, 6.45) is 0.968. The number of phenolic OH excluding ortho intramolecular Hbond substituents is 1. The Kier molecular flexibility index (Phi) is 6.39. The monoisotopic (exact) mass is 484 g/mol. The smallest absolute Gasteiger partial charge is 0.349 e. The van der Waals surface area contributed by atoms with Gasteiger partial charge in [0.25, 0.3) is 5.56 Å². The molecular weight excluding hydrogens is 467 g/mol. The van der Waals surface area contributed by atoms with Gasteiger partial charge in [-0.3, -0.25) is 9.78 Å². The van der Waals surface area contributed by atoms with Gasteiger partial charge in [-0.25, -0.2) is 4.79 Å². The van der Waals surface area contributed by atoms with Crippen molar-refractivity contribution in [2.75, 3.05) is 5.32 Å². The molecule has 0 bridgehead atoms. The fourth-order valence-corrected chi connectivity index (χ4v) is 3.61. The highest BCUT2D eigenvalue weighted by molar-refractivity contribution is 6.37. The number of benzene rings is 3. The first-order valence-electron chi connectivity index (χ1n) is 9.78. The first-order valence-corrected chi connectivity index (χ1v) is 10.5. The van der Waals surface area contributed by atoms with Gasteiger partial charge in [-0.1, -0.05) is 40.9 Å². The van der Waals surface area contributed by atoms with E-state index in [-0.39, 0.29) is 27.2 Å². The molecule has 3 N–H and O–H groups in total. The van der Waals surface area contributed by atoms with Gasteiger partial charge < -0.3 is 15.2 Å². The van der Waals surface area contributed by atoms with Crippen molar-refractivity contribution in [3.8, 4) is 22.9 Å². The lowest BCUT2D eigenvalue weighted by Crippen LogP contribution is -2.30. The molecule has 0 saturated carbocycles. The van der Waals surface area contributed by atoms with Crippen LogP contribution in [-0.4, -0.2) is 19.9 Å². The number of H-pyrrole nitrogens is 1. The number of anilines is 1. The topological polar surface area (TPSA) is 109 Å². The van der Waals surface area contributed by atoms with Crippen LogP contribution in [0.3, 0.4) is 0 Å². The van der Waals surface area contributed by atoms with E-state index in [9.17, 15) is 14.7 Å². The molecule has 0 aliphatic carbocycles. The van der Waals surface area contributed by atoms with Crippen LogP contribution in [0.15, 0.2) is 70.4 Å². The van der Waals surface area contributed by atoms with Crippen LogP contribution >= 0.6 is 23.2 Å². The minimum atomic E-state index is -0.729. The molecular formula is C23H18Cl2N4O4. The second-order valence-electron chi connectivity index (χ2n) is 7.20. The number of aromatic nitrogens is 3. The number of rotatable bonds is 6. The maximum Gasteiger partial charge on any atom is 0.349 e. The maximum absolute atomic E-state index is 12.0. The van der Waals surface area contributed by atoms with Crippen LogP contribution < -0.4 is 21.3 Å². The maximum atomic E-state index is 12.0. The van der Waals surface area contributed by atoms with Crippen LogP contribution in [0.2, 0.25) is 10.0 Å². The van der Waals surface area contributed by atoms with Crippen molar-refractivity contribution in [3.05, 3.63) is 103 Å². The van der Waals surface area contributed by atoms with Gasteiger partial charge in [-0.05, 0) is 49.4 Å². The molecule has 4 rings (SSSR count). The van der Waals surface area contributed by atoms with Crippen LogP contribution in [0.4, 0.5) is 5.69 Å². The first kappa shape index (κ1) is 22.4. The summed E-state index contributed by atoms with van der Waals surface area (Å²) in [6.45, 7) is 2.38. The van der Waals surface area contributed by atoms with E-state index in [4.69, 9.17) is 27.9 Å². The second-order valence-corrected chi connectivity index (χ2v) is 8.02. The molecule has 3 aromatic carbocycles. The third-order valence-corrected chi connectivity index (χ3v) is 5.31. The van der Waals surface area contributed by atoms with Gasteiger partial charge in [0.05, 0.1) is 15.7 Å². The average Bonchev–Trinajstić information content (AvgIpc) is 2.77. The van der Waals surface area contributed by atoms with Crippen molar-refractivity contribution in [1.82, 2.24) is 14.8 Å². The Morgan fingerprint density at radius 1 is 1.06 bits per heavy atom. The molecule has 10 heteroatoms. The molecule has 0 aliphatic heterocycles. The Morgan fingerprint density at radius 3 is 2.42 bits per heavy atom. The molecule has 0 fully saturated rings. The number of ether oxygens (including phenoxy) is 1. The predicted molar refractivity (Wildman–Crippen MR) is 127 cm³/mol. The number of hydrogen-bond donors (Lipinski definition) is 3. The second kappa shape index (κ2) is 9.40. The fraction of sp³-hybridized carbons (Fsp3) is 0.0870. The number of phenols is 1. The molecule has 0 atom stereocenters. The van der Waals surface area contributed by atoms with E-state index in [0.29, 0.717) is 17.9 Å². The Labute approximate surface area is 198 Å². The van der Waals surface area contributed by atoms with Gasteiger partial charge in [-0.2, -0.15) is 9.78 Å². The molecule has 0 amide bonds. The third-order valence-electron chi connectivity index (χ3n) is 4.75. The van der Waals surface area contributed by atoms with Crippen molar-refractivity contribution in [2.24, 2.45) is 0 Å². The van der Waals surface area contributed by atoms with Crippen molar-refractivity contribution < 1.29 is 9.84 Å². The van der Waals surface area contributed by atoms with Crippen LogP contribution in [-0.2, 0) is 6.54 Å². The summed E-state index contributed by atoms with van der Waals surface area (Å²) < 4.78 is 6.83. The Bertz CT molecular complexity index is 1410. The molecule has 0 unspecified atom stereocenters. The van der Waals surface area contributed by atoms with Crippen LogP contribution in [0.25, 0.3) is 5.69 Å². The lowest BCUT2D eigenvalue weighted by Gasteiger charge is -2.14. The highest BCUT2D eigenvalue weighted by atomic mass is 35.5. The SMILES string of the molecule is Cc1ccc(NCc2cc(Oc3c(Cl)cc(-n4ncc(=O)[nH]c4=O)cc3Cl)ccc2O)cc1. The molecule has 8 nitrogen and oxygen atoms in total. The van der Waals surface area contributed by atoms with Crippen molar-refractivity contribution in [1.29, 1.82) is 0 Å². The van der Waals surface area contributed by atoms with Gasteiger partial charge in [0, 0.05) is 17.8 Å². The van der Waals surface area contributed by atoms with E-state index < -0.39 is 11.2 Å². The summed E-state index contributed by atoms with van der Waals surface area (Å²) in [5.74, 6) is 0.685. The zero-order valence-corrected chi connectivity index (χ0v) is 18.8. The number of halogens is 2. The quantitative estimate of drug-likeness (QED) is 0.367. The van der Waals surface area contributed by atoms with Gasteiger partial charge in [-0.15, -0.1) is 0 Å². The first-order chi connectivity index (χ1) is 15.8. The van der Waals surface area contributed by atoms with Crippen LogP contribution in [0.1, 0.15) is 11.1 Å².